The topological polar surface area (TPSA) is 171 Å². The smallest absolute Gasteiger partial charge is 0.871 e. The Bertz CT molecular complexity index is 2780. The maximum absolute atomic E-state index is 12.3. The van der Waals surface area contributed by atoms with Crippen LogP contribution in [0.4, 0.5) is 21.5 Å². The Hall–Kier alpha value is -2.94. The van der Waals surface area contributed by atoms with Crippen molar-refractivity contribution in [3.8, 4) is 39.5 Å². The number of benzene rings is 5. The summed E-state index contributed by atoms with van der Waals surface area (Å²) < 4.78 is 7.91. The number of fused-ring (bicyclic) bond motifs is 2. The number of nitrogens with zero attached hydrogens (tertiary/aromatic N) is 5. The van der Waals surface area contributed by atoms with Gasteiger partial charge in [0.05, 0.1) is 18.3 Å². The van der Waals surface area contributed by atoms with E-state index in [1.165, 1.54) is 23.5 Å². The second kappa shape index (κ2) is 24.8. The van der Waals surface area contributed by atoms with Crippen LogP contribution in [0.5, 0.6) is 5.75 Å². The molecule has 0 unspecified atom stereocenters. The molecule has 0 N–H and O–H groups in total. The monoisotopic (exact) mass is 1170 g/mol. The van der Waals surface area contributed by atoms with Crippen molar-refractivity contribution in [3.05, 3.63) is 159 Å². The fraction of sp³-hybridized carbons (Fsp3) is 0.0488. The molecule has 0 spiro atoms. The number of aromatic nitrogens is 1. The maximum Gasteiger partial charge on any atom is 1.00 e. The molecule has 0 bridgehead atoms. The minimum absolute atomic E-state index is 0. The van der Waals surface area contributed by atoms with E-state index in [1.807, 2.05) is 71.6 Å². The van der Waals surface area contributed by atoms with Gasteiger partial charge in [-0.1, -0.05) is 81.1 Å². The quantitative estimate of drug-likeness (QED) is 0.0267. The maximum atomic E-state index is 12.3. The van der Waals surface area contributed by atoms with Crippen LogP contribution < -0.4 is 74.5 Å². The number of carbonyl (C=O) groups excluding carboxylic acids is 2. The van der Waals surface area contributed by atoms with Gasteiger partial charge in [-0.25, -0.2) is 4.98 Å². The standard InChI is InChI=1S/C21H18BrN5O2S.C19H7Br4O3.CO2.2Na/c1-3-12-26(13-4-2)21-23-19(15-8-6-5-7-9-15)20(30-21)25-24-18-11-10-16(27(28)29)14-17(18)22;20-11-6-9-13(8-4-2-1-3-5-8)10-7-12(21)17(25)15(23)19(10)26-18(9)14(22)16(11)24;2-1-3;;/h3-11,14H,1-2,12-13H2;1-4,6-7,24H;;;/q;-1;;2*+1/p-1. The van der Waals surface area contributed by atoms with E-state index in [4.69, 9.17) is 19.0 Å². The molecule has 7 rings (SSSR count). The third kappa shape index (κ3) is 12.6. The number of nitro benzene ring substituents is 1. The molecule has 20 heteroatoms. The molecule has 61 heavy (non-hydrogen) atoms. The summed E-state index contributed by atoms with van der Waals surface area (Å²) >= 11 is 18.0. The van der Waals surface area contributed by atoms with Crippen molar-refractivity contribution >= 4 is 130 Å². The van der Waals surface area contributed by atoms with Crippen LogP contribution in [-0.4, -0.2) is 29.1 Å². The van der Waals surface area contributed by atoms with Gasteiger partial charge in [0.2, 0.25) is 5.43 Å². The molecule has 0 atom stereocenters. The Labute approximate surface area is 439 Å². The van der Waals surface area contributed by atoms with Gasteiger partial charge in [-0.3, -0.25) is 14.9 Å². The van der Waals surface area contributed by atoms with Crippen molar-refractivity contribution in [2.24, 2.45) is 10.2 Å². The van der Waals surface area contributed by atoms with Crippen molar-refractivity contribution in [3.63, 3.8) is 0 Å². The fourth-order valence-electron chi connectivity index (χ4n) is 5.45. The van der Waals surface area contributed by atoms with Gasteiger partial charge in [0.1, 0.15) is 27.2 Å². The van der Waals surface area contributed by atoms with Crippen molar-refractivity contribution in [2.45, 2.75) is 0 Å². The number of non-ortho nitro benzene ring substituents is 1. The predicted molar refractivity (Wildman–Crippen MR) is 244 cm³/mol. The van der Waals surface area contributed by atoms with E-state index in [1.54, 1.807) is 18.2 Å². The van der Waals surface area contributed by atoms with Gasteiger partial charge in [-0.15, -0.1) is 59.3 Å². The molecule has 0 radical (unpaired) electrons. The van der Waals surface area contributed by atoms with Gasteiger partial charge < -0.3 is 14.4 Å². The molecule has 1 aliphatic carbocycles. The first kappa shape index (κ1) is 52.4. The average molecular weight is 1180 g/mol. The molecule has 0 saturated heterocycles. The molecule has 298 valence electrons. The van der Waals surface area contributed by atoms with E-state index in [9.17, 15) is 20.0 Å². The summed E-state index contributed by atoms with van der Waals surface area (Å²) in [7, 11) is 0. The van der Waals surface area contributed by atoms with Crippen LogP contribution in [0.25, 0.3) is 44.7 Å². The number of hydrogen-bond donors (Lipinski definition) is 0. The first-order valence-corrected chi connectivity index (χ1v) is 21.4. The number of thiazole rings is 1. The molecule has 12 nitrogen and oxygen atoms in total. The molecule has 0 amide bonds. The van der Waals surface area contributed by atoms with E-state index in [0.717, 1.165) is 38.5 Å². The van der Waals surface area contributed by atoms with Crippen molar-refractivity contribution in [2.75, 3.05) is 18.0 Å². The Balaban J connectivity index is 0.000000299. The molecule has 2 aliphatic rings. The van der Waals surface area contributed by atoms with Crippen LogP contribution in [0.3, 0.4) is 0 Å². The fourth-order valence-corrected chi connectivity index (χ4v) is 9.22. The normalized spacial score (nSPS) is 10.3. The predicted octanol–water partition coefficient (Wildman–Crippen LogP) is 6.99. The summed E-state index contributed by atoms with van der Waals surface area (Å²) in [6, 6.07) is 28.3. The molecule has 1 aliphatic heterocycles. The van der Waals surface area contributed by atoms with Crippen LogP contribution >= 0.6 is 91.0 Å². The molecule has 0 saturated carbocycles. The summed E-state index contributed by atoms with van der Waals surface area (Å²) in [6.07, 6.45) is 3.87. The molecule has 2 heterocycles. The third-order valence-electron chi connectivity index (χ3n) is 7.99. The zero-order valence-electron chi connectivity index (χ0n) is 32.0. The van der Waals surface area contributed by atoms with Gasteiger partial charge in [-0.05, 0) is 92.9 Å². The summed E-state index contributed by atoms with van der Waals surface area (Å²) in [4.78, 5) is 45.9. The van der Waals surface area contributed by atoms with Crippen LogP contribution in [-0.2, 0) is 9.59 Å². The van der Waals surface area contributed by atoms with E-state index in [0.29, 0.717) is 57.5 Å². The van der Waals surface area contributed by atoms with Crippen LogP contribution in [0, 0.1) is 16.2 Å². The van der Waals surface area contributed by atoms with Crippen molar-refractivity contribution in [1.29, 1.82) is 0 Å². The van der Waals surface area contributed by atoms with Crippen LogP contribution in [0.15, 0.2) is 152 Å². The molecule has 1 aromatic heterocycles. The summed E-state index contributed by atoms with van der Waals surface area (Å²) in [5.41, 5.74) is 4.65. The number of nitro groups is 1. The molecule has 4 aromatic carbocycles. The van der Waals surface area contributed by atoms with Crippen molar-refractivity contribution < 1.29 is 83.2 Å². The van der Waals surface area contributed by atoms with Gasteiger partial charge in [0, 0.05) is 35.3 Å². The SMILES string of the molecule is C=CCN(CC=C)c1nc(-c2ccccc2)c(N=Nc2ccc([N+](=O)[O-])cc2Br)s1.O=C=O.O=c1c(Br)cc2c(-c3[c-]cccc3)c3cc(Br)c([O-])c(Br)c3oc-2c1Br.[Na+].[Na+]. The van der Waals surface area contributed by atoms with Crippen molar-refractivity contribution in [1.82, 2.24) is 4.98 Å². The zero-order valence-corrected chi connectivity index (χ0v) is 44.7. The van der Waals surface area contributed by atoms with Crippen LogP contribution in [0.2, 0.25) is 0 Å². The molecule has 5 aromatic rings. The number of hydrogen-bond acceptors (Lipinski definition) is 12. The number of anilines is 1. The van der Waals surface area contributed by atoms with E-state index in [-0.39, 0.29) is 82.1 Å². The summed E-state index contributed by atoms with van der Waals surface area (Å²) in [5.74, 6) is 0.152. The Morgan fingerprint density at radius 3 is 2.13 bits per heavy atom. The zero-order chi connectivity index (χ0) is 42.8. The Kier molecular flexibility index (Phi) is 21.3. The second-order valence-electron chi connectivity index (χ2n) is 11.7. The largest absolute Gasteiger partial charge is 1.00 e. The molecular weight excluding hydrogens is 1150 g/mol. The average Bonchev–Trinajstić information content (AvgIpc) is 3.66. The minimum Gasteiger partial charge on any atom is -0.871 e. The van der Waals surface area contributed by atoms with E-state index >= 15 is 0 Å². The number of halogens is 5. The first-order chi connectivity index (χ1) is 28.3. The van der Waals surface area contributed by atoms with E-state index in [2.05, 4.69) is 109 Å². The first-order valence-electron chi connectivity index (χ1n) is 16.6. The van der Waals surface area contributed by atoms with E-state index < -0.39 is 4.92 Å². The van der Waals surface area contributed by atoms with Gasteiger partial charge in [-0.2, -0.15) is 9.59 Å². The summed E-state index contributed by atoms with van der Waals surface area (Å²) in [5, 5.41) is 34.1. The number of azo groups is 1. The van der Waals surface area contributed by atoms with Gasteiger partial charge in [0.25, 0.3) is 5.69 Å². The number of rotatable bonds is 10. The second-order valence-corrected chi connectivity index (χ2v) is 16.8. The van der Waals surface area contributed by atoms with Crippen LogP contribution in [0.1, 0.15) is 0 Å². The molecule has 0 fully saturated rings. The van der Waals surface area contributed by atoms with Gasteiger partial charge >= 0.3 is 65.3 Å². The van der Waals surface area contributed by atoms with Gasteiger partial charge in [0.15, 0.2) is 10.1 Å². The Morgan fingerprint density at radius 2 is 1.54 bits per heavy atom. The summed E-state index contributed by atoms with van der Waals surface area (Å²) in [6.45, 7) is 8.86. The third-order valence-corrected chi connectivity index (χ3v) is 12.2. The minimum atomic E-state index is -0.456. The Morgan fingerprint density at radius 1 is 0.885 bits per heavy atom. The molecular formula is C41H24Br5N5Na2O7S.